The van der Waals surface area contributed by atoms with Crippen molar-refractivity contribution in [1.29, 1.82) is 0 Å². The molecule has 1 aromatic carbocycles. The molecule has 2 unspecified atom stereocenters. The molecule has 2 rings (SSSR count). The highest BCUT2D eigenvalue weighted by Crippen LogP contribution is 2.23. The molecular weight excluding hydrogens is 360 g/mol. The molecule has 0 spiro atoms. The zero-order chi connectivity index (χ0) is 20.7. The van der Waals surface area contributed by atoms with Gasteiger partial charge in [0.15, 0.2) is 0 Å². The summed E-state index contributed by atoms with van der Waals surface area (Å²) in [5.41, 5.74) is 0.389. The molecule has 0 bridgehead atoms. The summed E-state index contributed by atoms with van der Waals surface area (Å²) in [6.45, 7) is 7.71. The maximum atomic E-state index is 13.1. The number of carbonyl (C=O) groups excluding carboxylic acids is 2. The van der Waals surface area contributed by atoms with Gasteiger partial charge in [0.05, 0.1) is 20.3 Å². The molecule has 2 amide bonds. The lowest BCUT2D eigenvalue weighted by atomic mass is 9.99. The number of nitrogens with one attached hydrogen (secondary N) is 1. The van der Waals surface area contributed by atoms with Gasteiger partial charge in [-0.05, 0) is 37.8 Å². The number of ether oxygens (including phenoxy) is 3. The van der Waals surface area contributed by atoms with Crippen molar-refractivity contribution in [3.05, 3.63) is 23.8 Å². The number of piperidine rings is 1. The summed E-state index contributed by atoms with van der Waals surface area (Å²) in [5.74, 6) is 0.599. The summed E-state index contributed by atoms with van der Waals surface area (Å²) < 4.78 is 16.2. The van der Waals surface area contributed by atoms with Crippen molar-refractivity contribution in [3.63, 3.8) is 0 Å². The maximum absolute atomic E-state index is 13.1. The minimum Gasteiger partial charge on any atom is -0.497 e. The number of hydrogen-bond donors (Lipinski definition) is 1. The van der Waals surface area contributed by atoms with E-state index in [-0.39, 0.29) is 23.8 Å². The number of hydrogen-bond acceptors (Lipinski definition) is 5. The van der Waals surface area contributed by atoms with Crippen LogP contribution < -0.4 is 14.8 Å². The van der Waals surface area contributed by atoms with Gasteiger partial charge in [-0.25, -0.2) is 0 Å². The van der Waals surface area contributed by atoms with Crippen LogP contribution in [-0.4, -0.2) is 62.8 Å². The third-order valence-corrected chi connectivity index (χ3v) is 4.93. The molecule has 0 aromatic heterocycles. The van der Waals surface area contributed by atoms with Gasteiger partial charge >= 0.3 is 0 Å². The first-order chi connectivity index (χ1) is 13.4. The molecule has 1 heterocycles. The fraction of sp³-hybridized carbons (Fsp3) is 0.619. The Morgan fingerprint density at radius 1 is 1.18 bits per heavy atom. The van der Waals surface area contributed by atoms with Gasteiger partial charge in [0.25, 0.3) is 5.91 Å². The number of nitrogens with zero attached hydrogens (tertiary/aromatic N) is 1. The smallest absolute Gasteiger partial charge is 0.252 e. The van der Waals surface area contributed by atoms with Crippen LogP contribution in [0.1, 0.15) is 44.0 Å². The van der Waals surface area contributed by atoms with E-state index in [4.69, 9.17) is 14.2 Å². The second-order valence-electron chi connectivity index (χ2n) is 7.30. The molecule has 1 aromatic rings. The van der Waals surface area contributed by atoms with Crippen LogP contribution in [0.2, 0.25) is 0 Å². The van der Waals surface area contributed by atoms with Gasteiger partial charge in [-0.2, -0.15) is 0 Å². The van der Waals surface area contributed by atoms with Gasteiger partial charge in [-0.3, -0.25) is 9.59 Å². The highest BCUT2D eigenvalue weighted by molar-refractivity contribution is 5.98. The molecule has 1 fully saturated rings. The van der Waals surface area contributed by atoms with E-state index in [2.05, 4.69) is 5.32 Å². The minimum absolute atomic E-state index is 0.0450. The van der Waals surface area contributed by atoms with Gasteiger partial charge in [0.1, 0.15) is 17.5 Å². The topological polar surface area (TPSA) is 77.1 Å². The zero-order valence-corrected chi connectivity index (χ0v) is 17.5. The van der Waals surface area contributed by atoms with Gasteiger partial charge in [0, 0.05) is 31.3 Å². The predicted molar refractivity (Wildman–Crippen MR) is 107 cm³/mol. The standard InChI is InChI=1S/C21H32N2O5/c1-6-28-16-8-7-9-23(13-16)21(25)19(14(2)3)22-20(24)15-10-17(26-4)12-18(11-15)27-5/h10-12,14,16,19H,6-9,13H2,1-5H3,(H,22,24). The third-order valence-electron chi connectivity index (χ3n) is 4.93. The van der Waals surface area contributed by atoms with Crippen molar-refractivity contribution >= 4 is 11.8 Å². The molecular formula is C21H32N2O5. The Balaban J connectivity index is 2.13. The second kappa shape index (κ2) is 10.3. The summed E-state index contributed by atoms with van der Waals surface area (Å²) in [5, 5.41) is 2.90. The van der Waals surface area contributed by atoms with Crippen LogP contribution in [0.5, 0.6) is 11.5 Å². The first kappa shape index (κ1) is 22.0. The largest absolute Gasteiger partial charge is 0.497 e. The lowest BCUT2D eigenvalue weighted by Crippen LogP contribution is -2.54. The molecule has 0 radical (unpaired) electrons. The maximum Gasteiger partial charge on any atom is 0.252 e. The minimum atomic E-state index is -0.606. The van der Waals surface area contributed by atoms with E-state index < -0.39 is 6.04 Å². The normalized spacial score (nSPS) is 17.9. The van der Waals surface area contributed by atoms with E-state index in [0.717, 1.165) is 12.8 Å². The Bertz CT molecular complexity index is 653. The van der Waals surface area contributed by atoms with Crippen molar-refractivity contribution in [2.75, 3.05) is 33.9 Å². The lowest BCUT2D eigenvalue weighted by molar-refractivity contribution is -0.138. The molecule has 0 saturated carbocycles. The van der Waals surface area contributed by atoms with Crippen molar-refractivity contribution in [1.82, 2.24) is 10.2 Å². The Morgan fingerprint density at radius 3 is 2.36 bits per heavy atom. The first-order valence-corrected chi connectivity index (χ1v) is 9.83. The van der Waals surface area contributed by atoms with Crippen LogP contribution in [-0.2, 0) is 9.53 Å². The molecule has 1 N–H and O–H groups in total. The van der Waals surface area contributed by atoms with Crippen LogP contribution in [0.3, 0.4) is 0 Å². The lowest BCUT2D eigenvalue weighted by Gasteiger charge is -2.35. The highest BCUT2D eigenvalue weighted by Gasteiger charge is 2.32. The van der Waals surface area contributed by atoms with Crippen LogP contribution in [0.15, 0.2) is 18.2 Å². The number of benzene rings is 1. The van der Waals surface area contributed by atoms with Gasteiger partial charge in [-0.15, -0.1) is 0 Å². The van der Waals surface area contributed by atoms with E-state index >= 15 is 0 Å². The Labute approximate surface area is 167 Å². The number of methoxy groups -OCH3 is 2. The van der Waals surface area contributed by atoms with E-state index in [0.29, 0.717) is 36.8 Å². The van der Waals surface area contributed by atoms with Crippen molar-refractivity contribution in [2.45, 2.75) is 45.8 Å². The van der Waals surface area contributed by atoms with Gasteiger partial charge in [0.2, 0.25) is 5.91 Å². The Hall–Kier alpha value is -2.28. The van der Waals surface area contributed by atoms with E-state index in [9.17, 15) is 9.59 Å². The van der Waals surface area contributed by atoms with Crippen molar-refractivity contribution in [2.24, 2.45) is 5.92 Å². The van der Waals surface area contributed by atoms with Crippen molar-refractivity contribution in [3.8, 4) is 11.5 Å². The molecule has 28 heavy (non-hydrogen) atoms. The number of amides is 2. The third kappa shape index (κ3) is 5.61. The summed E-state index contributed by atoms with van der Waals surface area (Å²) in [6, 6.07) is 4.35. The fourth-order valence-corrected chi connectivity index (χ4v) is 3.38. The molecule has 7 nitrogen and oxygen atoms in total. The number of carbonyl (C=O) groups is 2. The van der Waals surface area contributed by atoms with Crippen LogP contribution >= 0.6 is 0 Å². The Morgan fingerprint density at radius 2 is 1.82 bits per heavy atom. The molecule has 7 heteroatoms. The Kier molecular flexibility index (Phi) is 8.11. The number of rotatable bonds is 8. The van der Waals surface area contributed by atoms with Gasteiger partial charge in [-0.1, -0.05) is 13.8 Å². The summed E-state index contributed by atoms with van der Waals surface area (Å²) >= 11 is 0. The number of likely N-dealkylation sites (tertiary alicyclic amines) is 1. The van der Waals surface area contributed by atoms with Crippen molar-refractivity contribution < 1.29 is 23.8 Å². The molecule has 1 aliphatic heterocycles. The second-order valence-corrected chi connectivity index (χ2v) is 7.30. The molecule has 0 aliphatic carbocycles. The van der Waals surface area contributed by atoms with E-state index in [1.807, 2.05) is 20.8 Å². The molecule has 1 saturated heterocycles. The average molecular weight is 392 g/mol. The summed E-state index contributed by atoms with van der Waals surface area (Å²) in [4.78, 5) is 27.7. The van der Waals surface area contributed by atoms with Crippen LogP contribution in [0.25, 0.3) is 0 Å². The molecule has 1 aliphatic rings. The van der Waals surface area contributed by atoms with Crippen LogP contribution in [0.4, 0.5) is 0 Å². The molecule has 2 atom stereocenters. The molecule has 156 valence electrons. The first-order valence-electron chi connectivity index (χ1n) is 9.83. The fourth-order valence-electron chi connectivity index (χ4n) is 3.38. The van der Waals surface area contributed by atoms with Crippen LogP contribution in [0, 0.1) is 5.92 Å². The SMILES string of the molecule is CCOC1CCCN(C(=O)C(NC(=O)c2cc(OC)cc(OC)c2)C(C)C)C1. The summed E-state index contributed by atoms with van der Waals surface area (Å²) in [7, 11) is 3.06. The van der Waals surface area contributed by atoms with E-state index in [1.165, 1.54) is 14.2 Å². The predicted octanol–water partition coefficient (Wildman–Crippen LogP) is 2.49. The quantitative estimate of drug-likeness (QED) is 0.735. The van der Waals surface area contributed by atoms with Gasteiger partial charge < -0.3 is 24.4 Å². The average Bonchev–Trinajstić information content (AvgIpc) is 2.71. The monoisotopic (exact) mass is 392 g/mol. The zero-order valence-electron chi connectivity index (χ0n) is 17.5. The highest BCUT2D eigenvalue weighted by atomic mass is 16.5. The van der Waals surface area contributed by atoms with E-state index in [1.54, 1.807) is 23.1 Å². The summed E-state index contributed by atoms with van der Waals surface area (Å²) in [6.07, 6.45) is 1.93.